The van der Waals surface area contributed by atoms with Gasteiger partial charge in [0.25, 0.3) is 0 Å². The van der Waals surface area contributed by atoms with Crippen molar-refractivity contribution in [3.05, 3.63) is 24.2 Å². The zero-order valence-corrected chi connectivity index (χ0v) is 10.1. The molecule has 1 N–H and O–H groups in total. The monoisotopic (exact) mass is 225 g/mol. The van der Waals surface area contributed by atoms with Crippen molar-refractivity contribution in [2.24, 2.45) is 0 Å². The zero-order valence-electron chi connectivity index (χ0n) is 9.24. The molecule has 1 fully saturated rings. The minimum Gasteiger partial charge on any atom is -0.468 e. The van der Waals surface area contributed by atoms with Crippen LogP contribution in [-0.4, -0.2) is 17.5 Å². The lowest BCUT2D eigenvalue weighted by molar-refractivity contribution is 0.363. The molecule has 0 aliphatic carbocycles. The molecule has 1 aliphatic rings. The van der Waals surface area contributed by atoms with Gasteiger partial charge >= 0.3 is 0 Å². The molecular formula is C12H19NOS. The number of hydrogen-bond donors (Lipinski definition) is 1. The molecule has 0 spiro atoms. The van der Waals surface area contributed by atoms with Crippen LogP contribution in [0.4, 0.5) is 0 Å². The highest BCUT2D eigenvalue weighted by Crippen LogP contribution is 2.22. The molecule has 2 atom stereocenters. The summed E-state index contributed by atoms with van der Waals surface area (Å²) < 4.78 is 5.46. The molecule has 0 radical (unpaired) electrons. The maximum Gasteiger partial charge on any atom is 0.120 e. The smallest absolute Gasteiger partial charge is 0.120 e. The summed E-state index contributed by atoms with van der Waals surface area (Å²) in [5.41, 5.74) is 0. The van der Waals surface area contributed by atoms with Crippen molar-refractivity contribution < 1.29 is 4.42 Å². The minimum atomic E-state index is 0.392. The Hall–Kier alpha value is -0.410. The third-order valence-corrected chi connectivity index (χ3v) is 4.11. The Labute approximate surface area is 95.8 Å². The number of hydrogen-bond acceptors (Lipinski definition) is 3. The first-order chi connectivity index (χ1) is 7.40. The molecule has 2 heterocycles. The molecule has 0 amide bonds. The van der Waals surface area contributed by atoms with Crippen LogP contribution in [0.15, 0.2) is 22.8 Å². The SMILES string of the molecule is CCC(NC1CCCSC1)c1ccco1. The van der Waals surface area contributed by atoms with E-state index in [-0.39, 0.29) is 0 Å². The number of rotatable bonds is 4. The summed E-state index contributed by atoms with van der Waals surface area (Å²) in [4.78, 5) is 0. The summed E-state index contributed by atoms with van der Waals surface area (Å²) in [7, 11) is 0. The summed E-state index contributed by atoms with van der Waals surface area (Å²) in [6.45, 7) is 2.20. The van der Waals surface area contributed by atoms with Crippen LogP contribution in [0, 0.1) is 0 Å². The zero-order chi connectivity index (χ0) is 10.5. The summed E-state index contributed by atoms with van der Waals surface area (Å²) in [6.07, 6.45) is 5.51. The van der Waals surface area contributed by atoms with Gasteiger partial charge in [0.15, 0.2) is 0 Å². The van der Waals surface area contributed by atoms with Crippen LogP contribution in [0.5, 0.6) is 0 Å². The lowest BCUT2D eigenvalue weighted by Crippen LogP contribution is -2.36. The molecule has 0 saturated carbocycles. The molecule has 0 aromatic carbocycles. The van der Waals surface area contributed by atoms with Crippen molar-refractivity contribution in [2.75, 3.05) is 11.5 Å². The van der Waals surface area contributed by atoms with Crippen LogP contribution in [-0.2, 0) is 0 Å². The van der Waals surface area contributed by atoms with Gasteiger partial charge < -0.3 is 9.73 Å². The first-order valence-electron chi connectivity index (χ1n) is 5.77. The van der Waals surface area contributed by atoms with Crippen LogP contribution >= 0.6 is 11.8 Å². The molecule has 1 aromatic heterocycles. The Morgan fingerprint density at radius 3 is 3.20 bits per heavy atom. The first-order valence-corrected chi connectivity index (χ1v) is 6.93. The van der Waals surface area contributed by atoms with E-state index in [1.807, 2.05) is 6.07 Å². The average molecular weight is 225 g/mol. The van der Waals surface area contributed by atoms with Crippen molar-refractivity contribution in [1.29, 1.82) is 0 Å². The standard InChI is InChI=1S/C12H19NOS/c1-2-11(12-6-3-7-14-12)13-10-5-4-8-15-9-10/h3,6-7,10-11,13H,2,4-5,8-9H2,1H3. The van der Waals surface area contributed by atoms with Gasteiger partial charge in [-0.1, -0.05) is 6.92 Å². The molecule has 1 aliphatic heterocycles. The van der Waals surface area contributed by atoms with Crippen molar-refractivity contribution in [3.8, 4) is 0 Å². The maximum absolute atomic E-state index is 5.46. The topological polar surface area (TPSA) is 25.2 Å². The second-order valence-corrected chi connectivity index (χ2v) is 5.21. The normalized spacial score (nSPS) is 23.9. The summed E-state index contributed by atoms with van der Waals surface area (Å²) in [5.74, 6) is 3.65. The van der Waals surface area contributed by atoms with E-state index in [4.69, 9.17) is 4.42 Å². The van der Waals surface area contributed by atoms with Crippen LogP contribution in [0.1, 0.15) is 38.0 Å². The third-order valence-electron chi connectivity index (χ3n) is 2.89. The van der Waals surface area contributed by atoms with Gasteiger partial charge in [0, 0.05) is 11.8 Å². The van der Waals surface area contributed by atoms with E-state index in [0.717, 1.165) is 12.2 Å². The largest absolute Gasteiger partial charge is 0.468 e. The number of furan rings is 1. The van der Waals surface area contributed by atoms with Crippen LogP contribution in [0.3, 0.4) is 0 Å². The minimum absolute atomic E-state index is 0.392. The van der Waals surface area contributed by atoms with E-state index in [1.54, 1.807) is 6.26 Å². The van der Waals surface area contributed by atoms with Crippen LogP contribution < -0.4 is 5.32 Å². The lowest BCUT2D eigenvalue weighted by Gasteiger charge is -2.26. The third kappa shape index (κ3) is 3.02. The molecule has 1 saturated heterocycles. The Balaban J connectivity index is 1.90. The van der Waals surface area contributed by atoms with Crippen molar-refractivity contribution in [3.63, 3.8) is 0 Å². The Morgan fingerprint density at radius 1 is 1.67 bits per heavy atom. The first kappa shape index (κ1) is 11.1. The predicted octanol–water partition coefficient (Wildman–Crippen LogP) is 3.22. The highest BCUT2D eigenvalue weighted by atomic mass is 32.2. The van der Waals surface area contributed by atoms with Crippen molar-refractivity contribution >= 4 is 11.8 Å². The van der Waals surface area contributed by atoms with Gasteiger partial charge in [-0.25, -0.2) is 0 Å². The number of nitrogens with one attached hydrogen (secondary N) is 1. The highest BCUT2D eigenvalue weighted by molar-refractivity contribution is 7.99. The fraction of sp³-hybridized carbons (Fsp3) is 0.667. The molecule has 2 unspecified atom stereocenters. The predicted molar refractivity (Wildman–Crippen MR) is 65.2 cm³/mol. The van der Waals surface area contributed by atoms with Gasteiger partial charge in [-0.15, -0.1) is 0 Å². The maximum atomic E-state index is 5.46. The van der Waals surface area contributed by atoms with Crippen molar-refractivity contribution in [2.45, 2.75) is 38.3 Å². The summed E-state index contributed by atoms with van der Waals surface area (Å²) in [6, 6.07) is 5.09. The lowest BCUT2D eigenvalue weighted by atomic mass is 10.1. The average Bonchev–Trinajstić information content (AvgIpc) is 2.81. The van der Waals surface area contributed by atoms with E-state index >= 15 is 0 Å². The van der Waals surface area contributed by atoms with Gasteiger partial charge in [-0.05, 0) is 37.1 Å². The van der Waals surface area contributed by atoms with Gasteiger partial charge in [0.05, 0.1) is 12.3 Å². The van der Waals surface area contributed by atoms with E-state index in [2.05, 4.69) is 30.1 Å². The second-order valence-electron chi connectivity index (χ2n) is 4.06. The molecule has 0 bridgehead atoms. The Bertz CT molecular complexity index is 267. The molecule has 3 heteroatoms. The van der Waals surface area contributed by atoms with Crippen LogP contribution in [0.25, 0.3) is 0 Å². The molecular weight excluding hydrogens is 206 g/mol. The van der Waals surface area contributed by atoms with Crippen LogP contribution in [0.2, 0.25) is 0 Å². The molecule has 2 nitrogen and oxygen atoms in total. The number of thioether (sulfide) groups is 1. The van der Waals surface area contributed by atoms with Gasteiger partial charge in [0.1, 0.15) is 5.76 Å². The fourth-order valence-corrected chi connectivity index (χ4v) is 3.13. The quantitative estimate of drug-likeness (QED) is 0.851. The molecule has 84 valence electrons. The van der Waals surface area contributed by atoms with E-state index in [1.165, 1.54) is 24.3 Å². The molecule has 15 heavy (non-hydrogen) atoms. The van der Waals surface area contributed by atoms with Gasteiger partial charge in [-0.3, -0.25) is 0 Å². The summed E-state index contributed by atoms with van der Waals surface area (Å²) in [5, 5.41) is 3.69. The highest BCUT2D eigenvalue weighted by Gasteiger charge is 2.19. The van der Waals surface area contributed by atoms with Gasteiger partial charge in [-0.2, -0.15) is 11.8 Å². The Morgan fingerprint density at radius 2 is 2.60 bits per heavy atom. The fourth-order valence-electron chi connectivity index (χ4n) is 2.05. The van der Waals surface area contributed by atoms with Gasteiger partial charge in [0.2, 0.25) is 0 Å². The Kier molecular flexibility index (Phi) is 4.15. The van der Waals surface area contributed by atoms with E-state index < -0.39 is 0 Å². The molecule has 1 aromatic rings. The van der Waals surface area contributed by atoms with E-state index in [0.29, 0.717) is 12.1 Å². The van der Waals surface area contributed by atoms with Crippen molar-refractivity contribution in [1.82, 2.24) is 5.32 Å². The van der Waals surface area contributed by atoms with E-state index in [9.17, 15) is 0 Å². The molecule has 2 rings (SSSR count). The summed E-state index contributed by atoms with van der Waals surface area (Å²) >= 11 is 2.06. The second kappa shape index (κ2) is 5.61.